The van der Waals surface area contributed by atoms with E-state index < -0.39 is 0 Å². The van der Waals surface area contributed by atoms with Crippen LogP contribution in [0.25, 0.3) is 0 Å². The van der Waals surface area contributed by atoms with E-state index in [0.29, 0.717) is 0 Å². The summed E-state index contributed by atoms with van der Waals surface area (Å²) in [6, 6.07) is 4.97. The van der Waals surface area contributed by atoms with Crippen molar-refractivity contribution in [3.63, 3.8) is 0 Å². The Morgan fingerprint density at radius 2 is 2.37 bits per heavy atom. The first kappa shape index (κ1) is 13.7. The number of rotatable bonds is 3. The number of nitrogens with one attached hydrogen (secondary N) is 1. The number of phenolic OH excluding ortho intramolecular Hbond substituents is 1. The molecule has 104 valence electrons. The standard InChI is InChI=1S/C14H21N3O2/c1-2-17-8-4-5-10(9-17)16-14(19)11-6-3-7-12(15)13(11)18/h3,6-7,10,18H,2,4-5,8-9,15H2,1H3,(H,16,19). The van der Waals surface area contributed by atoms with Gasteiger partial charge in [0.1, 0.15) is 0 Å². The van der Waals surface area contributed by atoms with Gasteiger partial charge in [0, 0.05) is 12.6 Å². The highest BCUT2D eigenvalue weighted by molar-refractivity contribution is 5.98. The van der Waals surface area contributed by atoms with E-state index in [0.717, 1.165) is 32.5 Å². The largest absolute Gasteiger partial charge is 0.505 e. The molecule has 0 bridgehead atoms. The monoisotopic (exact) mass is 263 g/mol. The van der Waals surface area contributed by atoms with Crippen molar-refractivity contribution in [2.75, 3.05) is 25.4 Å². The average molecular weight is 263 g/mol. The number of para-hydroxylation sites is 1. The van der Waals surface area contributed by atoms with Crippen LogP contribution in [0.2, 0.25) is 0 Å². The fraction of sp³-hybridized carbons (Fsp3) is 0.500. The Hall–Kier alpha value is -1.75. The number of nitrogens with zero attached hydrogens (tertiary/aromatic N) is 1. The van der Waals surface area contributed by atoms with Gasteiger partial charge < -0.3 is 21.1 Å². The van der Waals surface area contributed by atoms with Gasteiger partial charge in [-0.2, -0.15) is 0 Å². The van der Waals surface area contributed by atoms with Crippen molar-refractivity contribution in [1.82, 2.24) is 10.2 Å². The molecule has 0 saturated carbocycles. The lowest BCUT2D eigenvalue weighted by Crippen LogP contribution is -2.47. The molecule has 1 atom stereocenters. The molecule has 5 heteroatoms. The maximum atomic E-state index is 12.1. The molecule has 0 aromatic heterocycles. The number of anilines is 1. The summed E-state index contributed by atoms with van der Waals surface area (Å²) in [5, 5.41) is 12.8. The molecule has 1 fully saturated rings. The highest BCUT2D eigenvalue weighted by atomic mass is 16.3. The summed E-state index contributed by atoms with van der Waals surface area (Å²) in [4.78, 5) is 14.4. The minimum Gasteiger partial charge on any atom is -0.505 e. The van der Waals surface area contributed by atoms with Gasteiger partial charge in [0.15, 0.2) is 5.75 Å². The number of amides is 1. The molecule has 0 radical (unpaired) electrons. The Labute approximate surface area is 113 Å². The van der Waals surface area contributed by atoms with E-state index in [9.17, 15) is 9.90 Å². The van der Waals surface area contributed by atoms with Crippen molar-refractivity contribution in [3.8, 4) is 5.75 Å². The smallest absolute Gasteiger partial charge is 0.255 e. The lowest BCUT2D eigenvalue weighted by molar-refractivity contribution is 0.0903. The highest BCUT2D eigenvalue weighted by Crippen LogP contribution is 2.24. The van der Waals surface area contributed by atoms with Crippen LogP contribution < -0.4 is 11.1 Å². The molecule has 1 aromatic carbocycles. The molecule has 1 unspecified atom stereocenters. The summed E-state index contributed by atoms with van der Waals surface area (Å²) in [5.41, 5.74) is 6.07. The second-order valence-electron chi connectivity index (χ2n) is 4.95. The number of hydrogen-bond donors (Lipinski definition) is 3. The van der Waals surface area contributed by atoms with Crippen molar-refractivity contribution in [2.24, 2.45) is 0 Å². The van der Waals surface area contributed by atoms with Gasteiger partial charge in [0.25, 0.3) is 5.91 Å². The van der Waals surface area contributed by atoms with Crippen molar-refractivity contribution in [3.05, 3.63) is 23.8 Å². The molecule has 0 aliphatic carbocycles. The zero-order valence-corrected chi connectivity index (χ0v) is 11.2. The van der Waals surface area contributed by atoms with E-state index in [1.165, 1.54) is 0 Å². The molecular formula is C14H21N3O2. The third-order valence-electron chi connectivity index (χ3n) is 3.60. The van der Waals surface area contributed by atoms with Gasteiger partial charge in [-0.1, -0.05) is 13.0 Å². The van der Waals surface area contributed by atoms with Gasteiger partial charge in [-0.25, -0.2) is 0 Å². The van der Waals surface area contributed by atoms with Crippen LogP contribution in [0.3, 0.4) is 0 Å². The minimum atomic E-state index is -0.257. The molecule has 19 heavy (non-hydrogen) atoms. The third-order valence-corrected chi connectivity index (χ3v) is 3.60. The number of likely N-dealkylation sites (N-methyl/N-ethyl adjacent to an activating group) is 1. The number of piperidine rings is 1. The Bertz CT molecular complexity index is 462. The van der Waals surface area contributed by atoms with Crippen LogP contribution in [0.4, 0.5) is 5.69 Å². The lowest BCUT2D eigenvalue weighted by atomic mass is 10.0. The van der Waals surface area contributed by atoms with Crippen LogP contribution in [-0.2, 0) is 0 Å². The van der Waals surface area contributed by atoms with Crippen molar-refractivity contribution in [2.45, 2.75) is 25.8 Å². The van der Waals surface area contributed by atoms with Crippen LogP contribution in [-0.4, -0.2) is 41.6 Å². The molecule has 4 N–H and O–H groups in total. The first-order valence-electron chi connectivity index (χ1n) is 6.72. The fourth-order valence-electron chi connectivity index (χ4n) is 2.47. The Kier molecular flexibility index (Phi) is 4.27. The van der Waals surface area contributed by atoms with Crippen molar-refractivity contribution < 1.29 is 9.90 Å². The van der Waals surface area contributed by atoms with E-state index in [1.54, 1.807) is 18.2 Å². The molecule has 1 aliphatic rings. The van der Waals surface area contributed by atoms with Crippen LogP contribution >= 0.6 is 0 Å². The number of carbonyl (C=O) groups is 1. The van der Waals surface area contributed by atoms with Gasteiger partial charge in [0.05, 0.1) is 11.3 Å². The SMILES string of the molecule is CCN1CCCC(NC(=O)c2cccc(N)c2O)C1. The molecular weight excluding hydrogens is 242 g/mol. The van der Waals surface area contributed by atoms with Gasteiger partial charge >= 0.3 is 0 Å². The summed E-state index contributed by atoms with van der Waals surface area (Å²) in [5.74, 6) is -0.393. The number of nitrogen functional groups attached to an aromatic ring is 1. The molecule has 1 aromatic rings. The number of benzene rings is 1. The summed E-state index contributed by atoms with van der Waals surface area (Å²) >= 11 is 0. The summed E-state index contributed by atoms with van der Waals surface area (Å²) in [7, 11) is 0. The first-order chi connectivity index (χ1) is 9.11. The number of hydrogen-bond acceptors (Lipinski definition) is 4. The van der Waals surface area contributed by atoms with Gasteiger partial charge in [-0.15, -0.1) is 0 Å². The zero-order valence-electron chi connectivity index (χ0n) is 11.2. The summed E-state index contributed by atoms with van der Waals surface area (Å²) in [6.07, 6.45) is 2.06. The number of aromatic hydroxyl groups is 1. The Morgan fingerprint density at radius 1 is 1.58 bits per heavy atom. The van der Waals surface area contributed by atoms with E-state index in [4.69, 9.17) is 5.73 Å². The third kappa shape index (κ3) is 3.17. The minimum absolute atomic E-state index is 0.136. The number of likely N-dealkylation sites (tertiary alicyclic amines) is 1. The predicted molar refractivity (Wildman–Crippen MR) is 75.1 cm³/mol. The van der Waals surface area contributed by atoms with E-state index >= 15 is 0 Å². The average Bonchev–Trinajstić information content (AvgIpc) is 2.42. The van der Waals surface area contributed by atoms with Crippen molar-refractivity contribution in [1.29, 1.82) is 0 Å². The molecule has 1 heterocycles. The van der Waals surface area contributed by atoms with Gasteiger partial charge in [-0.3, -0.25) is 4.79 Å². The lowest BCUT2D eigenvalue weighted by Gasteiger charge is -2.32. The Morgan fingerprint density at radius 3 is 3.11 bits per heavy atom. The van der Waals surface area contributed by atoms with Crippen LogP contribution in [0.1, 0.15) is 30.1 Å². The molecule has 2 rings (SSSR count). The maximum absolute atomic E-state index is 12.1. The number of phenols is 1. The molecule has 1 aliphatic heterocycles. The van der Waals surface area contributed by atoms with E-state index in [-0.39, 0.29) is 28.9 Å². The predicted octanol–water partition coefficient (Wildman–Crippen LogP) is 1.19. The van der Waals surface area contributed by atoms with Gasteiger partial charge in [-0.05, 0) is 38.1 Å². The number of carbonyl (C=O) groups excluding carboxylic acids is 1. The zero-order chi connectivity index (χ0) is 13.8. The second-order valence-corrected chi connectivity index (χ2v) is 4.95. The normalized spacial score (nSPS) is 20.2. The number of nitrogens with two attached hydrogens (primary N) is 1. The molecule has 1 amide bonds. The van der Waals surface area contributed by atoms with E-state index in [2.05, 4.69) is 17.1 Å². The second kappa shape index (κ2) is 5.93. The van der Waals surface area contributed by atoms with Crippen LogP contribution in [0, 0.1) is 0 Å². The highest BCUT2D eigenvalue weighted by Gasteiger charge is 2.22. The van der Waals surface area contributed by atoms with Gasteiger partial charge in [0.2, 0.25) is 0 Å². The maximum Gasteiger partial charge on any atom is 0.255 e. The fourth-order valence-corrected chi connectivity index (χ4v) is 2.47. The topological polar surface area (TPSA) is 78.6 Å². The molecule has 0 spiro atoms. The van der Waals surface area contributed by atoms with Crippen molar-refractivity contribution >= 4 is 11.6 Å². The Balaban J connectivity index is 2.02. The van der Waals surface area contributed by atoms with Crippen LogP contribution in [0.5, 0.6) is 5.75 Å². The quantitative estimate of drug-likeness (QED) is 0.565. The summed E-state index contributed by atoms with van der Waals surface area (Å²) in [6.45, 7) is 5.07. The molecule has 1 saturated heterocycles. The summed E-state index contributed by atoms with van der Waals surface area (Å²) < 4.78 is 0. The molecule has 5 nitrogen and oxygen atoms in total. The van der Waals surface area contributed by atoms with Crippen LogP contribution in [0.15, 0.2) is 18.2 Å². The first-order valence-corrected chi connectivity index (χ1v) is 6.72. The van der Waals surface area contributed by atoms with E-state index in [1.807, 2.05) is 0 Å².